The van der Waals surface area contributed by atoms with E-state index in [0.717, 1.165) is 42.9 Å². The molecule has 0 radical (unpaired) electrons. The van der Waals surface area contributed by atoms with Gasteiger partial charge in [-0.05, 0) is 50.6 Å². The summed E-state index contributed by atoms with van der Waals surface area (Å²) in [6, 6.07) is 6.96. The maximum Gasteiger partial charge on any atom is 0.123 e. The summed E-state index contributed by atoms with van der Waals surface area (Å²) in [6.07, 6.45) is 3.69. The van der Waals surface area contributed by atoms with Gasteiger partial charge in [0.25, 0.3) is 0 Å². The third-order valence-electron chi connectivity index (χ3n) is 4.08. The number of hydrogen-bond donors (Lipinski definition) is 1. The molecule has 1 aliphatic heterocycles. The molecular formula is C17H27BrN2O. The van der Waals surface area contributed by atoms with Crippen molar-refractivity contribution < 1.29 is 4.74 Å². The smallest absolute Gasteiger partial charge is 0.123 e. The summed E-state index contributed by atoms with van der Waals surface area (Å²) in [5.74, 6) is 1.01. The molecule has 1 N–H and O–H groups in total. The predicted octanol–water partition coefficient (Wildman–Crippen LogP) is 3.81. The first-order valence-corrected chi connectivity index (χ1v) is 8.89. The summed E-state index contributed by atoms with van der Waals surface area (Å²) in [4.78, 5) is 2.57. The molecule has 0 aliphatic carbocycles. The molecule has 21 heavy (non-hydrogen) atoms. The molecule has 0 spiro atoms. The summed E-state index contributed by atoms with van der Waals surface area (Å²) in [7, 11) is 0. The first-order chi connectivity index (χ1) is 10.2. The molecule has 1 aromatic carbocycles. The first-order valence-electron chi connectivity index (χ1n) is 8.10. The predicted molar refractivity (Wildman–Crippen MR) is 91.9 cm³/mol. The van der Waals surface area contributed by atoms with Crippen LogP contribution in [-0.4, -0.2) is 37.2 Å². The highest BCUT2D eigenvalue weighted by atomic mass is 79.9. The van der Waals surface area contributed by atoms with Crippen LogP contribution in [0, 0.1) is 0 Å². The van der Waals surface area contributed by atoms with Crippen molar-refractivity contribution in [1.29, 1.82) is 0 Å². The highest BCUT2D eigenvalue weighted by Crippen LogP contribution is 2.23. The second kappa shape index (κ2) is 8.76. The average molecular weight is 355 g/mol. The topological polar surface area (TPSA) is 24.5 Å². The van der Waals surface area contributed by atoms with E-state index in [0.29, 0.717) is 6.04 Å². The van der Waals surface area contributed by atoms with E-state index in [1.54, 1.807) is 0 Å². The molecular weight excluding hydrogens is 328 g/mol. The van der Waals surface area contributed by atoms with E-state index >= 15 is 0 Å². The van der Waals surface area contributed by atoms with Crippen molar-refractivity contribution >= 4 is 15.9 Å². The maximum absolute atomic E-state index is 5.83. The summed E-state index contributed by atoms with van der Waals surface area (Å²) in [5.41, 5.74) is 1.24. The Morgan fingerprint density at radius 1 is 1.38 bits per heavy atom. The van der Waals surface area contributed by atoms with E-state index < -0.39 is 0 Å². The van der Waals surface area contributed by atoms with Crippen LogP contribution in [0.5, 0.6) is 5.75 Å². The van der Waals surface area contributed by atoms with Gasteiger partial charge in [-0.25, -0.2) is 0 Å². The molecule has 1 heterocycles. The average Bonchev–Trinajstić information content (AvgIpc) is 2.94. The van der Waals surface area contributed by atoms with Gasteiger partial charge in [-0.3, -0.25) is 4.90 Å². The minimum atomic E-state index is 0.696. The van der Waals surface area contributed by atoms with Crippen molar-refractivity contribution in [2.75, 3.05) is 26.2 Å². The SMILES string of the molecule is CCCOc1ccc(Br)cc1CNCC1CCCN1CC. The highest BCUT2D eigenvalue weighted by molar-refractivity contribution is 9.10. The number of halogens is 1. The van der Waals surface area contributed by atoms with Crippen LogP contribution >= 0.6 is 15.9 Å². The third kappa shape index (κ3) is 4.97. The number of rotatable bonds is 8. The number of likely N-dealkylation sites (tertiary alicyclic amines) is 1. The Hall–Kier alpha value is -0.580. The van der Waals surface area contributed by atoms with Crippen LogP contribution in [0.25, 0.3) is 0 Å². The Labute approximate surface area is 137 Å². The van der Waals surface area contributed by atoms with E-state index in [1.165, 1.54) is 24.9 Å². The van der Waals surface area contributed by atoms with Gasteiger partial charge in [0.2, 0.25) is 0 Å². The number of nitrogens with zero attached hydrogens (tertiary/aromatic N) is 1. The van der Waals surface area contributed by atoms with Crippen LogP contribution in [0.15, 0.2) is 22.7 Å². The maximum atomic E-state index is 5.83. The standard InChI is InChI=1S/C17H27BrN2O/c1-3-10-21-17-8-7-15(18)11-14(17)12-19-13-16-6-5-9-20(16)4-2/h7-8,11,16,19H,3-6,9-10,12-13H2,1-2H3. The van der Waals surface area contributed by atoms with Crippen LogP contribution in [0.3, 0.4) is 0 Å². The Morgan fingerprint density at radius 3 is 3.00 bits per heavy atom. The quantitative estimate of drug-likeness (QED) is 0.767. The van der Waals surface area contributed by atoms with E-state index in [-0.39, 0.29) is 0 Å². The van der Waals surface area contributed by atoms with Gasteiger partial charge in [-0.1, -0.05) is 29.8 Å². The zero-order valence-corrected chi connectivity index (χ0v) is 14.8. The van der Waals surface area contributed by atoms with E-state index in [2.05, 4.69) is 52.1 Å². The van der Waals surface area contributed by atoms with Gasteiger partial charge in [0.1, 0.15) is 5.75 Å². The Balaban J connectivity index is 1.88. The number of hydrogen-bond acceptors (Lipinski definition) is 3. The number of likely N-dealkylation sites (N-methyl/N-ethyl adjacent to an activating group) is 1. The normalized spacial score (nSPS) is 19.1. The highest BCUT2D eigenvalue weighted by Gasteiger charge is 2.22. The molecule has 1 aromatic rings. The first kappa shape index (κ1) is 16.8. The monoisotopic (exact) mass is 354 g/mol. The summed E-state index contributed by atoms with van der Waals surface area (Å²) in [5, 5.41) is 3.61. The van der Waals surface area contributed by atoms with Gasteiger partial charge in [0.15, 0.2) is 0 Å². The molecule has 0 bridgehead atoms. The summed E-state index contributed by atoms with van der Waals surface area (Å²) in [6.45, 7) is 9.51. The Kier molecular flexibility index (Phi) is 7.00. The fraction of sp³-hybridized carbons (Fsp3) is 0.647. The molecule has 1 atom stereocenters. The molecule has 3 nitrogen and oxygen atoms in total. The van der Waals surface area contributed by atoms with Crippen molar-refractivity contribution in [2.45, 2.75) is 45.7 Å². The van der Waals surface area contributed by atoms with Crippen molar-refractivity contribution in [3.05, 3.63) is 28.2 Å². The zero-order chi connectivity index (χ0) is 15.1. The molecule has 0 aromatic heterocycles. The Bertz CT molecular complexity index is 439. The number of benzene rings is 1. The van der Waals surface area contributed by atoms with Crippen LogP contribution < -0.4 is 10.1 Å². The second-order valence-corrected chi connectivity index (χ2v) is 6.57. The van der Waals surface area contributed by atoms with E-state index in [9.17, 15) is 0 Å². The van der Waals surface area contributed by atoms with Crippen LogP contribution in [0.2, 0.25) is 0 Å². The van der Waals surface area contributed by atoms with Crippen molar-refractivity contribution in [2.24, 2.45) is 0 Å². The lowest BCUT2D eigenvalue weighted by molar-refractivity contribution is 0.259. The van der Waals surface area contributed by atoms with Crippen molar-refractivity contribution in [3.8, 4) is 5.75 Å². The lowest BCUT2D eigenvalue weighted by atomic mass is 10.2. The number of nitrogens with one attached hydrogen (secondary N) is 1. The van der Waals surface area contributed by atoms with E-state index in [1.807, 2.05) is 6.07 Å². The molecule has 2 rings (SSSR count). The Morgan fingerprint density at radius 2 is 2.24 bits per heavy atom. The molecule has 0 saturated carbocycles. The van der Waals surface area contributed by atoms with Gasteiger partial charge in [0, 0.05) is 29.2 Å². The molecule has 1 aliphatic rings. The minimum absolute atomic E-state index is 0.696. The van der Waals surface area contributed by atoms with Gasteiger partial charge in [0.05, 0.1) is 6.61 Å². The van der Waals surface area contributed by atoms with Gasteiger partial charge in [-0.15, -0.1) is 0 Å². The van der Waals surface area contributed by atoms with Gasteiger partial charge >= 0.3 is 0 Å². The molecule has 1 saturated heterocycles. The van der Waals surface area contributed by atoms with Gasteiger partial charge < -0.3 is 10.1 Å². The third-order valence-corrected chi connectivity index (χ3v) is 4.58. The molecule has 1 unspecified atom stereocenters. The molecule has 118 valence electrons. The lowest BCUT2D eigenvalue weighted by Gasteiger charge is -2.23. The minimum Gasteiger partial charge on any atom is -0.493 e. The van der Waals surface area contributed by atoms with Gasteiger partial charge in [-0.2, -0.15) is 0 Å². The summed E-state index contributed by atoms with van der Waals surface area (Å²) >= 11 is 3.55. The van der Waals surface area contributed by atoms with Crippen LogP contribution in [0.1, 0.15) is 38.7 Å². The number of ether oxygens (including phenoxy) is 1. The zero-order valence-electron chi connectivity index (χ0n) is 13.2. The van der Waals surface area contributed by atoms with Crippen LogP contribution in [0.4, 0.5) is 0 Å². The molecule has 4 heteroatoms. The molecule has 0 amide bonds. The largest absolute Gasteiger partial charge is 0.493 e. The fourth-order valence-electron chi connectivity index (χ4n) is 2.96. The van der Waals surface area contributed by atoms with Crippen molar-refractivity contribution in [3.63, 3.8) is 0 Å². The summed E-state index contributed by atoms with van der Waals surface area (Å²) < 4.78 is 6.95. The lowest BCUT2D eigenvalue weighted by Crippen LogP contribution is -2.37. The fourth-order valence-corrected chi connectivity index (χ4v) is 3.36. The second-order valence-electron chi connectivity index (χ2n) is 5.66. The van der Waals surface area contributed by atoms with Crippen molar-refractivity contribution in [1.82, 2.24) is 10.2 Å². The molecule has 1 fully saturated rings. The van der Waals surface area contributed by atoms with Crippen LogP contribution in [-0.2, 0) is 6.54 Å². The van der Waals surface area contributed by atoms with E-state index in [4.69, 9.17) is 4.74 Å².